The Morgan fingerprint density at radius 2 is 1.79 bits per heavy atom. The van der Waals surface area contributed by atoms with E-state index in [-0.39, 0.29) is 17.9 Å². The van der Waals surface area contributed by atoms with Gasteiger partial charge in [0, 0.05) is 24.3 Å². The molecule has 0 fully saturated rings. The van der Waals surface area contributed by atoms with Crippen LogP contribution >= 0.6 is 0 Å². The number of amides is 4. The summed E-state index contributed by atoms with van der Waals surface area (Å²) in [7, 11) is 1.55. The lowest BCUT2D eigenvalue weighted by Crippen LogP contribution is -2.48. The second-order valence-corrected chi connectivity index (χ2v) is 5.70. The first-order valence-corrected chi connectivity index (χ1v) is 7.99. The summed E-state index contributed by atoms with van der Waals surface area (Å²) < 4.78 is 0. The Morgan fingerprint density at radius 3 is 2.38 bits per heavy atom. The Hall–Kier alpha value is -2.57. The molecular weight excluding hydrogens is 308 g/mol. The molecule has 0 aliphatic heterocycles. The van der Waals surface area contributed by atoms with Crippen LogP contribution in [0.15, 0.2) is 18.2 Å². The van der Waals surface area contributed by atoms with Crippen molar-refractivity contribution in [2.45, 2.75) is 46.2 Å². The van der Waals surface area contributed by atoms with Crippen LogP contribution in [0.2, 0.25) is 0 Å². The number of hydrogen-bond donors (Lipinski definition) is 4. The van der Waals surface area contributed by atoms with Gasteiger partial charge in [-0.05, 0) is 44.9 Å². The van der Waals surface area contributed by atoms with Gasteiger partial charge in [0.25, 0.3) is 5.91 Å². The predicted octanol–water partition coefficient (Wildman–Crippen LogP) is 1.78. The number of carbonyl (C=O) groups excluding carboxylic acids is 3. The molecule has 1 aromatic rings. The molecule has 7 heteroatoms. The molecule has 0 unspecified atom stereocenters. The third-order valence-electron chi connectivity index (χ3n) is 3.80. The van der Waals surface area contributed by atoms with Crippen molar-refractivity contribution >= 4 is 23.5 Å². The summed E-state index contributed by atoms with van der Waals surface area (Å²) in [6.07, 6.45) is 0.816. The van der Waals surface area contributed by atoms with Crippen molar-refractivity contribution < 1.29 is 14.4 Å². The Bertz CT molecular complexity index is 616. The van der Waals surface area contributed by atoms with Gasteiger partial charge < -0.3 is 21.3 Å². The second-order valence-electron chi connectivity index (χ2n) is 5.70. The fourth-order valence-corrected chi connectivity index (χ4v) is 2.04. The molecule has 1 aromatic carbocycles. The highest BCUT2D eigenvalue weighted by molar-refractivity contribution is 5.99. The van der Waals surface area contributed by atoms with Crippen LogP contribution in [0.4, 0.5) is 10.5 Å². The summed E-state index contributed by atoms with van der Waals surface area (Å²) >= 11 is 0. The molecule has 132 valence electrons. The number of carbonyl (C=O) groups is 3. The van der Waals surface area contributed by atoms with Crippen LogP contribution in [0.1, 0.15) is 43.1 Å². The first-order valence-electron chi connectivity index (χ1n) is 7.99. The minimum absolute atomic E-state index is 0.0521. The minimum Gasteiger partial charge on any atom is -0.355 e. The highest BCUT2D eigenvalue weighted by atomic mass is 16.2. The SMILES string of the molecule is CC[C@H](C)NC(=O)[C@@H](C)NC(=O)Nc1cccc(C(=O)NC)c1C. The van der Waals surface area contributed by atoms with E-state index in [2.05, 4.69) is 21.3 Å². The average Bonchev–Trinajstić information content (AvgIpc) is 2.55. The third-order valence-corrected chi connectivity index (χ3v) is 3.80. The molecule has 0 aliphatic carbocycles. The highest BCUT2D eigenvalue weighted by Crippen LogP contribution is 2.18. The van der Waals surface area contributed by atoms with Crippen LogP contribution in [-0.4, -0.2) is 37.0 Å². The number of anilines is 1. The minimum atomic E-state index is -0.665. The summed E-state index contributed by atoms with van der Waals surface area (Å²) in [4.78, 5) is 35.8. The van der Waals surface area contributed by atoms with Crippen molar-refractivity contribution in [3.63, 3.8) is 0 Å². The zero-order valence-corrected chi connectivity index (χ0v) is 14.8. The molecular formula is C17H26N4O3. The smallest absolute Gasteiger partial charge is 0.319 e. The van der Waals surface area contributed by atoms with Crippen molar-refractivity contribution in [2.75, 3.05) is 12.4 Å². The number of benzene rings is 1. The third kappa shape index (κ3) is 5.26. The summed E-state index contributed by atoms with van der Waals surface area (Å²) in [6, 6.07) is 3.95. The maximum atomic E-state index is 12.1. The van der Waals surface area contributed by atoms with Crippen molar-refractivity contribution in [3.05, 3.63) is 29.3 Å². The van der Waals surface area contributed by atoms with Crippen molar-refractivity contribution in [2.24, 2.45) is 0 Å². The van der Waals surface area contributed by atoms with Crippen molar-refractivity contribution in [1.82, 2.24) is 16.0 Å². The van der Waals surface area contributed by atoms with E-state index in [0.717, 1.165) is 6.42 Å². The van der Waals surface area contributed by atoms with Gasteiger partial charge in [0.15, 0.2) is 0 Å². The molecule has 7 nitrogen and oxygen atoms in total. The Balaban J connectivity index is 2.72. The van der Waals surface area contributed by atoms with Gasteiger partial charge in [-0.3, -0.25) is 9.59 Å². The van der Waals surface area contributed by atoms with Gasteiger partial charge >= 0.3 is 6.03 Å². The molecule has 0 saturated carbocycles. The highest BCUT2D eigenvalue weighted by Gasteiger charge is 2.18. The lowest BCUT2D eigenvalue weighted by atomic mass is 10.1. The average molecular weight is 334 g/mol. The summed E-state index contributed by atoms with van der Waals surface area (Å²) in [5.41, 5.74) is 1.66. The van der Waals surface area contributed by atoms with Crippen molar-refractivity contribution in [1.29, 1.82) is 0 Å². The van der Waals surface area contributed by atoms with Crippen molar-refractivity contribution in [3.8, 4) is 0 Å². The molecule has 2 atom stereocenters. The Kier molecular flexibility index (Phi) is 7.23. The van der Waals surface area contributed by atoms with Crippen LogP contribution in [0.5, 0.6) is 0 Å². The van der Waals surface area contributed by atoms with Gasteiger partial charge in [-0.1, -0.05) is 13.0 Å². The zero-order valence-electron chi connectivity index (χ0n) is 14.8. The summed E-state index contributed by atoms with van der Waals surface area (Å²) in [6.45, 7) is 7.24. The van der Waals surface area contributed by atoms with E-state index in [1.807, 2.05) is 13.8 Å². The monoisotopic (exact) mass is 334 g/mol. The molecule has 24 heavy (non-hydrogen) atoms. The van der Waals surface area contributed by atoms with Gasteiger partial charge in [0.1, 0.15) is 6.04 Å². The lowest BCUT2D eigenvalue weighted by molar-refractivity contribution is -0.123. The lowest BCUT2D eigenvalue weighted by Gasteiger charge is -2.18. The van der Waals surface area contributed by atoms with E-state index in [4.69, 9.17) is 0 Å². The molecule has 0 spiro atoms. The number of urea groups is 1. The number of hydrogen-bond acceptors (Lipinski definition) is 3. The van der Waals surface area contributed by atoms with Crippen LogP contribution < -0.4 is 21.3 Å². The maximum absolute atomic E-state index is 12.1. The molecule has 1 rings (SSSR count). The van der Waals surface area contributed by atoms with E-state index >= 15 is 0 Å². The standard InChI is InChI=1S/C17H26N4O3/c1-6-10(2)19-15(22)12(4)20-17(24)21-14-9-7-8-13(11(14)3)16(23)18-5/h7-10,12H,6H2,1-5H3,(H,18,23)(H,19,22)(H2,20,21,24)/t10-,12+/m0/s1. The molecule has 0 radical (unpaired) electrons. The fraction of sp³-hybridized carbons (Fsp3) is 0.471. The van der Waals surface area contributed by atoms with Crippen LogP contribution in [0.25, 0.3) is 0 Å². The quantitative estimate of drug-likeness (QED) is 0.638. The van der Waals surface area contributed by atoms with Gasteiger partial charge in [-0.25, -0.2) is 4.79 Å². The van der Waals surface area contributed by atoms with Gasteiger partial charge in [0.2, 0.25) is 5.91 Å². The number of rotatable bonds is 6. The first kappa shape index (κ1) is 19.5. The number of nitrogens with one attached hydrogen (secondary N) is 4. The molecule has 0 saturated heterocycles. The molecule has 0 heterocycles. The van der Waals surface area contributed by atoms with E-state index in [1.54, 1.807) is 39.1 Å². The molecule has 0 aliphatic rings. The van der Waals surface area contributed by atoms with Crippen LogP contribution in [-0.2, 0) is 4.79 Å². The van der Waals surface area contributed by atoms with E-state index in [9.17, 15) is 14.4 Å². The van der Waals surface area contributed by atoms with Gasteiger partial charge in [0.05, 0.1) is 0 Å². The van der Waals surface area contributed by atoms with Crippen LogP contribution in [0.3, 0.4) is 0 Å². The van der Waals surface area contributed by atoms with E-state index < -0.39 is 12.1 Å². The zero-order chi connectivity index (χ0) is 18.3. The molecule has 4 amide bonds. The van der Waals surface area contributed by atoms with Gasteiger partial charge in [-0.2, -0.15) is 0 Å². The van der Waals surface area contributed by atoms with E-state index in [0.29, 0.717) is 16.8 Å². The molecule has 0 aromatic heterocycles. The predicted molar refractivity (Wildman–Crippen MR) is 94.1 cm³/mol. The fourth-order valence-electron chi connectivity index (χ4n) is 2.04. The first-order chi connectivity index (χ1) is 11.3. The largest absolute Gasteiger partial charge is 0.355 e. The van der Waals surface area contributed by atoms with Crippen LogP contribution in [0, 0.1) is 6.92 Å². The second kappa shape index (κ2) is 8.90. The van der Waals surface area contributed by atoms with E-state index in [1.165, 1.54) is 0 Å². The molecule has 4 N–H and O–H groups in total. The maximum Gasteiger partial charge on any atom is 0.319 e. The Labute approximate surface area is 142 Å². The summed E-state index contributed by atoms with van der Waals surface area (Å²) in [5, 5.41) is 10.6. The Morgan fingerprint density at radius 1 is 1.12 bits per heavy atom. The van der Waals surface area contributed by atoms with Gasteiger partial charge in [-0.15, -0.1) is 0 Å². The topological polar surface area (TPSA) is 99.3 Å². The normalized spacial score (nSPS) is 12.7. The summed E-state index contributed by atoms with van der Waals surface area (Å²) in [5.74, 6) is -0.465. The molecule has 0 bridgehead atoms.